The van der Waals surface area contributed by atoms with Gasteiger partial charge in [0.15, 0.2) is 11.5 Å². The normalized spacial score (nSPS) is 13.8. The van der Waals surface area contributed by atoms with E-state index in [1.807, 2.05) is 18.2 Å². The molecule has 0 amide bonds. The molecule has 0 aromatic heterocycles. The number of benzene rings is 1. The van der Waals surface area contributed by atoms with Crippen LogP contribution < -0.4 is 9.47 Å². The Morgan fingerprint density at radius 2 is 2.15 bits per heavy atom. The molecule has 0 aliphatic carbocycles. The summed E-state index contributed by atoms with van der Waals surface area (Å²) < 4.78 is 10.4. The Labute approximate surface area is 76.2 Å². The summed E-state index contributed by atoms with van der Waals surface area (Å²) in [6.07, 6.45) is 3.43. The van der Waals surface area contributed by atoms with E-state index in [0.717, 1.165) is 23.3 Å². The van der Waals surface area contributed by atoms with E-state index < -0.39 is 0 Å². The average molecular weight is 178 g/mol. The van der Waals surface area contributed by atoms with Crippen LogP contribution in [0.5, 0.6) is 11.5 Å². The predicted octanol–water partition coefficient (Wildman–Crippen LogP) is 2.03. The number of hydrogen-bond acceptors (Lipinski definition) is 3. The zero-order valence-electron chi connectivity index (χ0n) is 7.06. The molecule has 1 aromatic carbocycles. The van der Waals surface area contributed by atoms with Gasteiger partial charge < -0.3 is 14.6 Å². The highest BCUT2D eigenvalue weighted by atomic mass is 16.7. The number of fused-ring (bicyclic) bond motifs is 1. The fraction of sp³-hybridized carbons (Fsp3) is 0.200. The second kappa shape index (κ2) is 3.39. The summed E-state index contributed by atoms with van der Waals surface area (Å²) in [7, 11) is 0. The molecule has 0 atom stereocenters. The summed E-state index contributed by atoms with van der Waals surface area (Å²) in [6, 6.07) is 5.75. The van der Waals surface area contributed by atoms with Crippen LogP contribution in [0, 0.1) is 0 Å². The van der Waals surface area contributed by atoms with Crippen molar-refractivity contribution < 1.29 is 14.6 Å². The molecule has 0 saturated carbocycles. The van der Waals surface area contributed by atoms with Gasteiger partial charge in [-0.05, 0) is 30.2 Å². The Balaban J connectivity index is 2.20. The molecule has 1 N–H and O–H groups in total. The number of ether oxygens (including phenoxy) is 2. The van der Waals surface area contributed by atoms with Crippen molar-refractivity contribution >= 4 is 0 Å². The molecular formula is C10H10O3. The maximum absolute atomic E-state index is 8.48. The Morgan fingerprint density at radius 1 is 1.31 bits per heavy atom. The first-order valence-electron chi connectivity index (χ1n) is 4.08. The lowest BCUT2D eigenvalue weighted by molar-refractivity contribution is 0.174. The third-order valence-electron chi connectivity index (χ3n) is 1.90. The minimum absolute atomic E-state index is 0.300. The molecule has 0 fully saturated rings. The summed E-state index contributed by atoms with van der Waals surface area (Å²) >= 11 is 0. The highest BCUT2D eigenvalue weighted by molar-refractivity contribution is 5.44. The van der Waals surface area contributed by atoms with Gasteiger partial charge in [-0.2, -0.15) is 0 Å². The lowest BCUT2D eigenvalue weighted by Crippen LogP contribution is -1.92. The maximum atomic E-state index is 8.48. The van der Waals surface area contributed by atoms with Crippen LogP contribution in [0.4, 0.5) is 0 Å². The molecule has 1 aliphatic heterocycles. The van der Waals surface area contributed by atoms with Gasteiger partial charge in [0.1, 0.15) is 0 Å². The van der Waals surface area contributed by atoms with Gasteiger partial charge in [0.05, 0.1) is 6.26 Å². The summed E-state index contributed by atoms with van der Waals surface area (Å²) in [5.41, 5.74) is 1.09. The second-order valence-electron chi connectivity index (χ2n) is 2.78. The van der Waals surface area contributed by atoms with Crippen LogP contribution in [0.15, 0.2) is 30.5 Å². The zero-order chi connectivity index (χ0) is 9.10. The summed E-state index contributed by atoms with van der Waals surface area (Å²) in [5.74, 6) is 1.57. The van der Waals surface area contributed by atoms with Gasteiger partial charge >= 0.3 is 0 Å². The molecule has 1 heterocycles. The number of allylic oxidation sites excluding steroid dienone is 1. The molecule has 0 spiro atoms. The zero-order valence-corrected chi connectivity index (χ0v) is 7.06. The molecule has 0 radical (unpaired) electrons. The topological polar surface area (TPSA) is 38.7 Å². The lowest BCUT2D eigenvalue weighted by atomic mass is 10.1. The van der Waals surface area contributed by atoms with Crippen molar-refractivity contribution in [3.8, 4) is 11.5 Å². The molecule has 0 bridgehead atoms. The van der Waals surface area contributed by atoms with E-state index in [9.17, 15) is 0 Å². The van der Waals surface area contributed by atoms with E-state index in [1.54, 1.807) is 6.08 Å². The average Bonchev–Trinajstić information content (AvgIpc) is 2.61. The van der Waals surface area contributed by atoms with Crippen molar-refractivity contribution in [2.45, 2.75) is 6.42 Å². The Hall–Kier alpha value is -1.64. The van der Waals surface area contributed by atoms with E-state index in [0.29, 0.717) is 13.2 Å². The molecule has 13 heavy (non-hydrogen) atoms. The Kier molecular flexibility index (Phi) is 2.08. The molecule has 3 heteroatoms. The van der Waals surface area contributed by atoms with Gasteiger partial charge in [-0.1, -0.05) is 6.07 Å². The van der Waals surface area contributed by atoms with Gasteiger partial charge in [-0.3, -0.25) is 0 Å². The van der Waals surface area contributed by atoms with Crippen molar-refractivity contribution in [1.82, 2.24) is 0 Å². The number of aliphatic hydroxyl groups excluding tert-OH is 1. The third kappa shape index (κ3) is 1.59. The van der Waals surface area contributed by atoms with Gasteiger partial charge in [-0.25, -0.2) is 0 Å². The first-order valence-corrected chi connectivity index (χ1v) is 4.08. The van der Waals surface area contributed by atoms with E-state index in [2.05, 4.69) is 0 Å². The summed E-state index contributed by atoms with van der Waals surface area (Å²) in [4.78, 5) is 0. The molecule has 1 aromatic rings. The van der Waals surface area contributed by atoms with Gasteiger partial charge in [0.25, 0.3) is 0 Å². The summed E-state index contributed by atoms with van der Waals surface area (Å²) in [5, 5.41) is 8.48. The van der Waals surface area contributed by atoms with Crippen molar-refractivity contribution in [2.75, 3.05) is 6.79 Å². The van der Waals surface area contributed by atoms with Crippen LogP contribution in [0.25, 0.3) is 0 Å². The van der Waals surface area contributed by atoms with Crippen LogP contribution in [0.3, 0.4) is 0 Å². The Bertz CT molecular complexity index is 331. The van der Waals surface area contributed by atoms with Crippen LogP contribution in [-0.4, -0.2) is 11.9 Å². The largest absolute Gasteiger partial charge is 0.516 e. The molecule has 1 aliphatic rings. The number of aliphatic hydroxyl groups is 1. The molecule has 0 unspecified atom stereocenters. The van der Waals surface area contributed by atoms with Gasteiger partial charge in [0, 0.05) is 0 Å². The number of rotatable bonds is 2. The quantitative estimate of drug-likeness (QED) is 0.704. The maximum Gasteiger partial charge on any atom is 0.231 e. The predicted molar refractivity (Wildman–Crippen MR) is 48.0 cm³/mol. The van der Waals surface area contributed by atoms with Crippen LogP contribution >= 0.6 is 0 Å². The van der Waals surface area contributed by atoms with Crippen molar-refractivity contribution in [3.63, 3.8) is 0 Å². The van der Waals surface area contributed by atoms with Crippen LogP contribution in [0.1, 0.15) is 5.56 Å². The van der Waals surface area contributed by atoms with Crippen molar-refractivity contribution in [1.29, 1.82) is 0 Å². The smallest absolute Gasteiger partial charge is 0.231 e. The van der Waals surface area contributed by atoms with Crippen LogP contribution in [0.2, 0.25) is 0 Å². The van der Waals surface area contributed by atoms with E-state index in [1.165, 1.54) is 0 Å². The standard InChI is InChI=1S/C10H10O3/c11-5-1-2-8-3-4-9-10(6-8)13-7-12-9/h1,3-6,11H,2,7H2. The van der Waals surface area contributed by atoms with E-state index >= 15 is 0 Å². The SMILES string of the molecule is OC=CCc1ccc2c(c1)OCO2. The minimum atomic E-state index is 0.300. The highest BCUT2D eigenvalue weighted by Crippen LogP contribution is 2.32. The minimum Gasteiger partial charge on any atom is -0.516 e. The first kappa shape index (κ1) is 7.98. The van der Waals surface area contributed by atoms with Gasteiger partial charge in [0.2, 0.25) is 6.79 Å². The molecule has 2 rings (SSSR count). The summed E-state index contributed by atoms with van der Waals surface area (Å²) in [6.45, 7) is 0.300. The second-order valence-corrected chi connectivity index (χ2v) is 2.78. The van der Waals surface area contributed by atoms with Crippen molar-refractivity contribution in [2.24, 2.45) is 0 Å². The molecule has 68 valence electrons. The Morgan fingerprint density at radius 3 is 3.00 bits per heavy atom. The monoisotopic (exact) mass is 178 g/mol. The highest BCUT2D eigenvalue weighted by Gasteiger charge is 2.12. The molecule has 0 saturated heterocycles. The van der Waals surface area contributed by atoms with Crippen molar-refractivity contribution in [3.05, 3.63) is 36.1 Å². The first-order chi connectivity index (χ1) is 6.40. The lowest BCUT2D eigenvalue weighted by Gasteiger charge is -1.98. The fourth-order valence-corrected chi connectivity index (χ4v) is 1.26. The third-order valence-corrected chi connectivity index (χ3v) is 1.90. The number of hydrogen-bond donors (Lipinski definition) is 1. The van der Waals surface area contributed by atoms with Gasteiger partial charge in [-0.15, -0.1) is 0 Å². The fourth-order valence-electron chi connectivity index (χ4n) is 1.26. The van der Waals surface area contributed by atoms with E-state index in [4.69, 9.17) is 14.6 Å². The molecular weight excluding hydrogens is 168 g/mol. The van der Waals surface area contributed by atoms with Crippen LogP contribution in [-0.2, 0) is 6.42 Å². The van der Waals surface area contributed by atoms with E-state index in [-0.39, 0.29) is 0 Å². The molecule has 3 nitrogen and oxygen atoms in total.